The normalized spacial score (nSPS) is 10.7. The van der Waals surface area contributed by atoms with Crippen LogP contribution in [0, 0.1) is 0 Å². The summed E-state index contributed by atoms with van der Waals surface area (Å²) in [4.78, 5) is 7.58. The number of hydrogen-bond donors (Lipinski definition) is 4. The molecule has 66 valence electrons. The molecule has 0 aliphatic carbocycles. The molecule has 2 aromatic rings. The summed E-state index contributed by atoms with van der Waals surface area (Å²) in [5, 5.41) is 18.0. The summed E-state index contributed by atoms with van der Waals surface area (Å²) in [6.07, 6.45) is 1.50. The second-order valence-electron chi connectivity index (χ2n) is 2.67. The minimum absolute atomic E-state index is 0.383. The Morgan fingerprint density at radius 2 is 2.15 bits per heavy atom. The zero-order valence-electron chi connectivity index (χ0n) is 6.60. The molecule has 13 heavy (non-hydrogen) atoms. The van der Waals surface area contributed by atoms with E-state index in [1.165, 1.54) is 6.33 Å². The van der Waals surface area contributed by atoms with Crippen molar-refractivity contribution in [3.63, 3.8) is 0 Å². The standard InChI is InChI=1S/C7H7BN2O2S/c11-8(12)4-1-2-5(13)7-6(4)9-3-10-7/h1-3,11-13H,(H,9,10). The third kappa shape index (κ3) is 1.33. The number of nitrogens with one attached hydrogen (secondary N) is 1. The lowest BCUT2D eigenvalue weighted by atomic mass is 9.79. The molecular formula is C7H7BN2O2S. The Hall–Kier alpha value is -0.975. The summed E-state index contributed by atoms with van der Waals surface area (Å²) in [7, 11) is -1.50. The largest absolute Gasteiger partial charge is 0.490 e. The minimum Gasteiger partial charge on any atom is -0.423 e. The van der Waals surface area contributed by atoms with Crippen LogP contribution in [0.4, 0.5) is 0 Å². The minimum atomic E-state index is -1.50. The molecule has 0 saturated heterocycles. The second kappa shape index (κ2) is 3.06. The van der Waals surface area contributed by atoms with Crippen molar-refractivity contribution in [1.82, 2.24) is 9.97 Å². The highest BCUT2D eigenvalue weighted by atomic mass is 32.1. The molecule has 0 aliphatic rings. The lowest BCUT2D eigenvalue weighted by Gasteiger charge is -2.01. The molecule has 0 bridgehead atoms. The van der Waals surface area contributed by atoms with Gasteiger partial charge >= 0.3 is 7.12 Å². The SMILES string of the molecule is OB(O)c1ccc(S)c2[nH]cnc12. The zero-order chi connectivity index (χ0) is 9.42. The van der Waals surface area contributed by atoms with Crippen molar-refractivity contribution >= 4 is 36.2 Å². The molecule has 0 saturated carbocycles. The maximum Gasteiger partial charge on any atom is 0.490 e. The molecule has 0 aliphatic heterocycles. The third-order valence-corrected chi connectivity index (χ3v) is 2.24. The van der Waals surface area contributed by atoms with Gasteiger partial charge in [-0.1, -0.05) is 6.07 Å². The fraction of sp³-hybridized carbons (Fsp3) is 0. The van der Waals surface area contributed by atoms with Gasteiger partial charge in [0, 0.05) is 10.4 Å². The monoisotopic (exact) mass is 194 g/mol. The Balaban J connectivity index is 2.78. The van der Waals surface area contributed by atoms with Crippen molar-refractivity contribution in [2.45, 2.75) is 4.90 Å². The van der Waals surface area contributed by atoms with Gasteiger partial charge in [0.2, 0.25) is 0 Å². The molecule has 0 fully saturated rings. The van der Waals surface area contributed by atoms with Crippen molar-refractivity contribution in [3.8, 4) is 0 Å². The van der Waals surface area contributed by atoms with E-state index in [0.29, 0.717) is 16.5 Å². The highest BCUT2D eigenvalue weighted by molar-refractivity contribution is 7.80. The van der Waals surface area contributed by atoms with Crippen LogP contribution in [0.25, 0.3) is 11.0 Å². The molecule has 2 rings (SSSR count). The molecule has 0 atom stereocenters. The fourth-order valence-electron chi connectivity index (χ4n) is 1.25. The summed E-state index contributed by atoms with van der Waals surface area (Å²) in [5.74, 6) is 0. The lowest BCUT2D eigenvalue weighted by molar-refractivity contribution is 0.426. The molecule has 0 spiro atoms. The van der Waals surface area contributed by atoms with Crippen LogP contribution >= 0.6 is 12.6 Å². The number of thiol groups is 1. The lowest BCUT2D eigenvalue weighted by Crippen LogP contribution is -2.30. The van der Waals surface area contributed by atoms with Crippen LogP contribution in [-0.2, 0) is 0 Å². The summed E-state index contributed by atoms with van der Waals surface area (Å²) in [6, 6.07) is 3.29. The van der Waals surface area contributed by atoms with E-state index < -0.39 is 7.12 Å². The number of rotatable bonds is 1. The maximum atomic E-state index is 9.01. The van der Waals surface area contributed by atoms with Crippen LogP contribution in [0.15, 0.2) is 23.4 Å². The van der Waals surface area contributed by atoms with Crippen molar-refractivity contribution < 1.29 is 10.0 Å². The van der Waals surface area contributed by atoms with E-state index in [0.717, 1.165) is 4.90 Å². The Bertz CT molecular complexity index is 443. The van der Waals surface area contributed by atoms with Crippen LogP contribution in [0.1, 0.15) is 0 Å². The Morgan fingerprint density at radius 3 is 2.85 bits per heavy atom. The second-order valence-corrected chi connectivity index (χ2v) is 3.16. The molecule has 3 N–H and O–H groups in total. The van der Waals surface area contributed by atoms with Crippen LogP contribution in [0.3, 0.4) is 0 Å². The average molecular weight is 194 g/mol. The molecule has 1 aromatic heterocycles. The van der Waals surface area contributed by atoms with Gasteiger partial charge in [-0.15, -0.1) is 12.6 Å². The van der Waals surface area contributed by atoms with E-state index in [-0.39, 0.29) is 0 Å². The average Bonchev–Trinajstić information content (AvgIpc) is 2.53. The number of hydrogen-bond acceptors (Lipinski definition) is 4. The quantitative estimate of drug-likeness (QED) is 0.366. The first kappa shape index (κ1) is 8.62. The molecule has 0 unspecified atom stereocenters. The van der Waals surface area contributed by atoms with E-state index in [1.807, 2.05) is 0 Å². The topological polar surface area (TPSA) is 69.1 Å². The Kier molecular flexibility index (Phi) is 2.03. The van der Waals surface area contributed by atoms with Crippen LogP contribution in [-0.4, -0.2) is 27.1 Å². The molecule has 0 radical (unpaired) electrons. The van der Waals surface area contributed by atoms with Crippen LogP contribution in [0.5, 0.6) is 0 Å². The summed E-state index contributed by atoms with van der Waals surface area (Å²) in [6.45, 7) is 0. The molecule has 1 aromatic carbocycles. The first-order chi connectivity index (χ1) is 6.20. The van der Waals surface area contributed by atoms with Gasteiger partial charge in [0.1, 0.15) is 0 Å². The molecule has 6 heteroatoms. The predicted molar refractivity (Wildman–Crippen MR) is 53.2 cm³/mol. The molecule has 1 heterocycles. The van der Waals surface area contributed by atoms with E-state index >= 15 is 0 Å². The maximum absolute atomic E-state index is 9.01. The molecule has 0 amide bonds. The highest BCUT2D eigenvalue weighted by Gasteiger charge is 2.16. The number of aromatic amines is 1. The van der Waals surface area contributed by atoms with E-state index in [9.17, 15) is 0 Å². The van der Waals surface area contributed by atoms with Crippen LogP contribution < -0.4 is 5.46 Å². The van der Waals surface area contributed by atoms with Gasteiger partial charge in [-0.25, -0.2) is 4.98 Å². The van der Waals surface area contributed by atoms with E-state index in [1.54, 1.807) is 12.1 Å². The number of nitrogens with zero attached hydrogens (tertiary/aromatic N) is 1. The van der Waals surface area contributed by atoms with Crippen molar-refractivity contribution in [3.05, 3.63) is 18.5 Å². The summed E-state index contributed by atoms with van der Waals surface area (Å²) < 4.78 is 0. The fourth-order valence-corrected chi connectivity index (χ4v) is 1.49. The van der Waals surface area contributed by atoms with Gasteiger partial charge in [0.15, 0.2) is 0 Å². The van der Waals surface area contributed by atoms with E-state index in [4.69, 9.17) is 10.0 Å². The Labute approximate surface area is 80.2 Å². The number of benzene rings is 1. The van der Waals surface area contributed by atoms with Gasteiger partial charge in [-0.2, -0.15) is 0 Å². The summed E-state index contributed by atoms with van der Waals surface area (Å²) >= 11 is 4.20. The third-order valence-electron chi connectivity index (χ3n) is 1.87. The van der Waals surface area contributed by atoms with Gasteiger partial charge < -0.3 is 15.0 Å². The number of H-pyrrole nitrogens is 1. The van der Waals surface area contributed by atoms with Crippen LogP contribution in [0.2, 0.25) is 0 Å². The summed E-state index contributed by atoms with van der Waals surface area (Å²) in [5.41, 5.74) is 1.64. The van der Waals surface area contributed by atoms with Gasteiger partial charge in [-0.3, -0.25) is 0 Å². The first-order valence-electron chi connectivity index (χ1n) is 3.71. The predicted octanol–water partition coefficient (Wildman–Crippen LogP) is -0.469. The van der Waals surface area contributed by atoms with Crippen molar-refractivity contribution in [2.24, 2.45) is 0 Å². The number of fused-ring (bicyclic) bond motifs is 1. The Morgan fingerprint density at radius 1 is 1.38 bits per heavy atom. The first-order valence-corrected chi connectivity index (χ1v) is 4.16. The number of aromatic nitrogens is 2. The van der Waals surface area contributed by atoms with Gasteiger partial charge in [0.05, 0.1) is 17.4 Å². The van der Waals surface area contributed by atoms with Crippen molar-refractivity contribution in [1.29, 1.82) is 0 Å². The smallest absolute Gasteiger partial charge is 0.423 e. The van der Waals surface area contributed by atoms with E-state index in [2.05, 4.69) is 22.6 Å². The van der Waals surface area contributed by atoms with Gasteiger partial charge in [0.25, 0.3) is 0 Å². The highest BCUT2D eigenvalue weighted by Crippen LogP contribution is 2.16. The molecular weight excluding hydrogens is 187 g/mol. The van der Waals surface area contributed by atoms with Crippen molar-refractivity contribution in [2.75, 3.05) is 0 Å². The molecule has 4 nitrogen and oxygen atoms in total. The van der Waals surface area contributed by atoms with Gasteiger partial charge in [-0.05, 0) is 6.07 Å². The number of imidazole rings is 1. The zero-order valence-corrected chi connectivity index (χ0v) is 7.49.